The van der Waals surface area contributed by atoms with Crippen LogP contribution in [0, 0.1) is 12.7 Å². The molecule has 4 aromatic carbocycles. The highest BCUT2D eigenvalue weighted by atomic mass is 32.2. The Morgan fingerprint density at radius 2 is 1.57 bits per heavy atom. The average Bonchev–Trinajstić information content (AvgIpc) is 2.91. The van der Waals surface area contributed by atoms with Gasteiger partial charge in [0.25, 0.3) is 10.0 Å². The van der Waals surface area contributed by atoms with Crippen molar-refractivity contribution in [3.63, 3.8) is 0 Å². The van der Waals surface area contributed by atoms with Gasteiger partial charge in [-0.15, -0.1) is 11.8 Å². The highest BCUT2D eigenvalue weighted by Crippen LogP contribution is 2.27. The number of carbonyl (C=O) groups excluding carboxylic acids is 1. The average molecular weight is 535 g/mol. The van der Waals surface area contributed by atoms with Crippen molar-refractivity contribution in [3.05, 3.63) is 126 Å². The molecule has 0 fully saturated rings. The van der Waals surface area contributed by atoms with Crippen LogP contribution in [0.3, 0.4) is 0 Å². The summed E-state index contributed by atoms with van der Waals surface area (Å²) in [5.74, 6) is -1.12. The summed E-state index contributed by atoms with van der Waals surface area (Å²) in [5, 5.41) is 2.99. The first-order valence-electron chi connectivity index (χ1n) is 11.6. The fraction of sp³-hybridized carbons (Fsp3) is 0.138. The van der Waals surface area contributed by atoms with E-state index in [1.54, 1.807) is 12.1 Å². The summed E-state index contributed by atoms with van der Waals surface area (Å²) < 4.78 is 42.4. The first-order valence-corrected chi connectivity index (χ1v) is 14.3. The smallest absolute Gasteiger partial charge is 0.264 e. The van der Waals surface area contributed by atoms with Crippen LogP contribution in [0.4, 0.5) is 10.1 Å². The second-order valence-corrected chi connectivity index (χ2v) is 11.2. The molecule has 0 aliphatic rings. The minimum Gasteiger partial charge on any atom is -0.344 e. The topological polar surface area (TPSA) is 66.5 Å². The van der Waals surface area contributed by atoms with Crippen molar-refractivity contribution in [1.82, 2.24) is 5.32 Å². The van der Waals surface area contributed by atoms with Crippen LogP contribution >= 0.6 is 11.8 Å². The quantitative estimate of drug-likeness (QED) is 0.269. The van der Waals surface area contributed by atoms with Gasteiger partial charge in [-0.3, -0.25) is 9.10 Å². The van der Waals surface area contributed by atoms with Crippen LogP contribution in [0.5, 0.6) is 0 Å². The molecule has 4 rings (SSSR count). The summed E-state index contributed by atoms with van der Waals surface area (Å²) in [5.41, 5.74) is 2.82. The largest absolute Gasteiger partial charge is 0.344 e. The Morgan fingerprint density at radius 1 is 0.892 bits per heavy atom. The van der Waals surface area contributed by atoms with Crippen LogP contribution in [0.15, 0.2) is 113 Å². The molecule has 190 valence electrons. The summed E-state index contributed by atoms with van der Waals surface area (Å²) in [7, 11) is -4.17. The monoisotopic (exact) mass is 534 g/mol. The molecular weight excluding hydrogens is 507 g/mol. The van der Waals surface area contributed by atoms with Gasteiger partial charge in [0.05, 0.1) is 16.6 Å². The number of nitrogens with one attached hydrogen (secondary N) is 1. The fourth-order valence-corrected chi connectivity index (χ4v) is 5.83. The summed E-state index contributed by atoms with van der Waals surface area (Å²) in [6, 6.07) is 28.3. The van der Waals surface area contributed by atoms with Gasteiger partial charge < -0.3 is 5.32 Å². The molecule has 1 atom stereocenters. The second kappa shape index (κ2) is 11.6. The highest BCUT2D eigenvalue weighted by Gasteiger charge is 2.29. The summed E-state index contributed by atoms with van der Waals surface area (Å²) in [6.45, 7) is 1.44. The number of sulfonamides is 1. The SMILES string of the molecule is CSc1ccc(S(=O)(=O)N(CC(=O)NC(c2ccccc2)c2cccc(C)c2)c2cccc(F)c2)cc1. The maximum atomic E-state index is 14.1. The van der Waals surface area contributed by atoms with Gasteiger partial charge in [-0.1, -0.05) is 66.2 Å². The van der Waals surface area contributed by atoms with Crippen molar-refractivity contribution in [2.75, 3.05) is 17.1 Å². The van der Waals surface area contributed by atoms with E-state index in [1.807, 2.05) is 67.8 Å². The molecule has 4 aromatic rings. The zero-order chi connectivity index (χ0) is 26.4. The van der Waals surface area contributed by atoms with Crippen LogP contribution in [-0.4, -0.2) is 27.1 Å². The van der Waals surface area contributed by atoms with Gasteiger partial charge in [-0.05, 0) is 66.8 Å². The number of aryl methyl sites for hydroxylation is 1. The summed E-state index contributed by atoms with van der Waals surface area (Å²) in [6.07, 6.45) is 1.89. The molecule has 37 heavy (non-hydrogen) atoms. The van der Waals surface area contributed by atoms with Crippen molar-refractivity contribution in [2.24, 2.45) is 0 Å². The molecule has 0 saturated heterocycles. The van der Waals surface area contributed by atoms with Crippen molar-refractivity contribution >= 4 is 33.4 Å². The number of halogens is 1. The lowest BCUT2D eigenvalue weighted by molar-refractivity contribution is -0.120. The third kappa shape index (κ3) is 6.39. The van der Waals surface area contributed by atoms with E-state index in [1.165, 1.54) is 42.1 Å². The van der Waals surface area contributed by atoms with Gasteiger partial charge in [0.15, 0.2) is 0 Å². The Hall–Kier alpha value is -3.62. The number of amides is 1. The molecule has 0 radical (unpaired) electrons. The van der Waals surface area contributed by atoms with Gasteiger partial charge >= 0.3 is 0 Å². The first kappa shape index (κ1) is 26.4. The molecule has 0 aliphatic carbocycles. The molecule has 8 heteroatoms. The number of benzene rings is 4. The highest BCUT2D eigenvalue weighted by molar-refractivity contribution is 7.98. The van der Waals surface area contributed by atoms with Crippen molar-refractivity contribution in [1.29, 1.82) is 0 Å². The lowest BCUT2D eigenvalue weighted by Gasteiger charge is -2.26. The third-order valence-electron chi connectivity index (χ3n) is 5.84. The van der Waals surface area contributed by atoms with Crippen LogP contribution in [-0.2, 0) is 14.8 Å². The van der Waals surface area contributed by atoms with Gasteiger partial charge in [0.1, 0.15) is 12.4 Å². The summed E-state index contributed by atoms with van der Waals surface area (Å²) >= 11 is 1.49. The van der Waals surface area contributed by atoms with E-state index in [0.717, 1.165) is 32.0 Å². The molecule has 0 saturated carbocycles. The number of thioether (sulfide) groups is 1. The molecule has 1 amide bonds. The maximum Gasteiger partial charge on any atom is 0.264 e. The van der Waals surface area contributed by atoms with Crippen LogP contribution in [0.25, 0.3) is 0 Å². The number of rotatable bonds is 9. The van der Waals surface area contributed by atoms with Crippen molar-refractivity contribution < 1.29 is 17.6 Å². The fourth-order valence-electron chi connectivity index (χ4n) is 4.01. The maximum absolute atomic E-state index is 14.1. The number of hydrogen-bond donors (Lipinski definition) is 1. The van der Waals surface area contributed by atoms with Crippen LogP contribution < -0.4 is 9.62 Å². The van der Waals surface area contributed by atoms with Crippen LogP contribution in [0.1, 0.15) is 22.7 Å². The molecular formula is C29H27FN2O3S2. The molecule has 0 spiro atoms. The lowest BCUT2D eigenvalue weighted by atomic mass is 9.97. The van der Waals surface area contributed by atoms with Gasteiger partial charge in [0, 0.05) is 4.90 Å². The minimum atomic E-state index is -4.17. The van der Waals surface area contributed by atoms with Crippen molar-refractivity contribution in [3.8, 4) is 0 Å². The molecule has 0 heterocycles. The molecule has 1 unspecified atom stereocenters. The molecule has 0 bridgehead atoms. The lowest BCUT2D eigenvalue weighted by Crippen LogP contribution is -2.42. The zero-order valence-corrected chi connectivity index (χ0v) is 22.1. The predicted octanol–water partition coefficient (Wildman–Crippen LogP) is 5.96. The number of hydrogen-bond acceptors (Lipinski definition) is 4. The standard InChI is InChI=1S/C29H27FN2O3S2/c1-21-8-6-11-23(18-21)29(22-9-4-3-5-10-22)31-28(33)20-32(25-13-7-12-24(30)19-25)37(34,35)27-16-14-26(36-2)15-17-27/h3-19,29H,20H2,1-2H3,(H,31,33). The molecule has 0 aromatic heterocycles. The molecule has 0 aliphatic heterocycles. The van der Waals surface area contributed by atoms with Crippen LogP contribution in [0.2, 0.25) is 0 Å². The van der Waals surface area contributed by atoms with Gasteiger partial charge in [-0.25, -0.2) is 12.8 Å². The zero-order valence-electron chi connectivity index (χ0n) is 20.5. The minimum absolute atomic E-state index is 0.0145. The van der Waals surface area contributed by atoms with E-state index in [2.05, 4.69) is 5.32 Å². The van der Waals surface area contributed by atoms with E-state index in [-0.39, 0.29) is 10.6 Å². The Kier molecular flexibility index (Phi) is 8.31. The molecule has 1 N–H and O–H groups in total. The molecule has 5 nitrogen and oxygen atoms in total. The Labute approximate surface area is 221 Å². The first-order chi connectivity index (χ1) is 17.8. The van der Waals surface area contributed by atoms with E-state index in [9.17, 15) is 17.6 Å². The Bertz CT molecular complexity index is 1480. The summed E-state index contributed by atoms with van der Waals surface area (Å²) in [4.78, 5) is 14.3. The van der Waals surface area contributed by atoms with Crippen molar-refractivity contribution in [2.45, 2.75) is 22.8 Å². The normalized spacial score (nSPS) is 12.1. The third-order valence-corrected chi connectivity index (χ3v) is 8.38. The van der Waals surface area contributed by atoms with E-state index in [0.29, 0.717) is 0 Å². The predicted molar refractivity (Wildman–Crippen MR) is 147 cm³/mol. The number of nitrogens with zero attached hydrogens (tertiary/aromatic N) is 1. The second-order valence-electron chi connectivity index (χ2n) is 8.49. The van der Waals surface area contributed by atoms with E-state index < -0.39 is 34.3 Å². The number of anilines is 1. The van der Waals surface area contributed by atoms with E-state index >= 15 is 0 Å². The Morgan fingerprint density at radius 3 is 2.22 bits per heavy atom. The van der Waals surface area contributed by atoms with E-state index in [4.69, 9.17) is 0 Å². The van der Waals surface area contributed by atoms with Gasteiger partial charge in [0.2, 0.25) is 5.91 Å². The Balaban J connectivity index is 1.69. The van der Waals surface area contributed by atoms with Gasteiger partial charge in [-0.2, -0.15) is 0 Å². The number of carbonyl (C=O) groups is 1.